The summed E-state index contributed by atoms with van der Waals surface area (Å²) < 4.78 is 26.7. The number of aliphatic hydroxyl groups is 1. The molecule has 1 aliphatic heterocycles. The minimum atomic E-state index is -3.61. The number of nitrogens with two attached hydrogens (primary N) is 1. The van der Waals surface area contributed by atoms with E-state index in [2.05, 4.69) is 0 Å². The smallest absolute Gasteiger partial charge is 0.245 e. The van der Waals surface area contributed by atoms with E-state index in [0.717, 1.165) is 18.4 Å². The molecule has 1 saturated carbocycles. The van der Waals surface area contributed by atoms with Crippen LogP contribution in [0.4, 0.5) is 5.69 Å². The van der Waals surface area contributed by atoms with E-state index in [1.807, 2.05) is 13.0 Å². The van der Waals surface area contributed by atoms with Gasteiger partial charge < -0.3 is 10.8 Å². The molecule has 0 bridgehead atoms. The van der Waals surface area contributed by atoms with E-state index in [-0.39, 0.29) is 29.6 Å². The van der Waals surface area contributed by atoms with Crippen LogP contribution in [-0.2, 0) is 10.0 Å². The van der Waals surface area contributed by atoms with Gasteiger partial charge in [-0.05, 0) is 49.8 Å². The highest BCUT2D eigenvalue weighted by atomic mass is 32.2. The van der Waals surface area contributed by atoms with E-state index in [0.29, 0.717) is 5.56 Å². The number of nitrogen functional groups attached to an aromatic ring is 1. The maximum absolute atomic E-state index is 12.7. The molecule has 1 aromatic carbocycles. The molecule has 110 valence electrons. The van der Waals surface area contributed by atoms with E-state index in [1.165, 1.54) is 4.31 Å². The summed E-state index contributed by atoms with van der Waals surface area (Å²) in [6.45, 7) is 4.01. The molecular weight excluding hydrogens is 276 g/mol. The highest BCUT2D eigenvalue weighted by molar-refractivity contribution is 7.89. The highest BCUT2D eigenvalue weighted by Crippen LogP contribution is 2.46. The van der Waals surface area contributed by atoms with Gasteiger partial charge in [-0.3, -0.25) is 0 Å². The van der Waals surface area contributed by atoms with Gasteiger partial charge in [0, 0.05) is 13.1 Å². The second-order valence-electron chi connectivity index (χ2n) is 6.08. The molecule has 1 heterocycles. The molecule has 0 radical (unpaired) electrons. The third-order valence-electron chi connectivity index (χ3n) is 4.54. The fourth-order valence-electron chi connectivity index (χ4n) is 2.90. The average molecular weight is 296 g/mol. The van der Waals surface area contributed by atoms with Gasteiger partial charge in [0.05, 0.1) is 11.3 Å². The third-order valence-corrected chi connectivity index (χ3v) is 6.54. The lowest BCUT2D eigenvalue weighted by atomic mass is 9.91. The Morgan fingerprint density at radius 1 is 1.30 bits per heavy atom. The number of sulfonamides is 1. The van der Waals surface area contributed by atoms with Crippen LogP contribution in [0, 0.1) is 19.8 Å². The SMILES string of the molecule is Cc1ccc(N)c(S(=O)(=O)N2CC(O)(C3CC3)C2)c1C. The van der Waals surface area contributed by atoms with E-state index in [4.69, 9.17) is 5.73 Å². The van der Waals surface area contributed by atoms with Crippen molar-refractivity contribution in [3.05, 3.63) is 23.3 Å². The minimum absolute atomic E-state index is 0.187. The molecule has 3 N–H and O–H groups in total. The summed E-state index contributed by atoms with van der Waals surface area (Å²) in [5.41, 5.74) is 6.90. The number of hydrogen-bond acceptors (Lipinski definition) is 4. The largest absolute Gasteiger partial charge is 0.398 e. The van der Waals surface area contributed by atoms with Crippen LogP contribution in [0.5, 0.6) is 0 Å². The highest BCUT2D eigenvalue weighted by Gasteiger charge is 2.55. The van der Waals surface area contributed by atoms with Gasteiger partial charge in [-0.25, -0.2) is 8.42 Å². The topological polar surface area (TPSA) is 83.6 Å². The van der Waals surface area contributed by atoms with Crippen molar-refractivity contribution in [1.82, 2.24) is 4.31 Å². The Hall–Kier alpha value is -1.11. The molecular formula is C14H20N2O3S. The fourth-order valence-corrected chi connectivity index (χ4v) is 4.85. The van der Waals surface area contributed by atoms with E-state index < -0.39 is 15.6 Å². The first-order valence-electron chi connectivity index (χ1n) is 6.84. The first-order chi connectivity index (χ1) is 9.25. The fraction of sp³-hybridized carbons (Fsp3) is 0.571. The summed E-state index contributed by atoms with van der Waals surface area (Å²) in [6.07, 6.45) is 1.99. The van der Waals surface area contributed by atoms with Crippen LogP contribution >= 0.6 is 0 Å². The molecule has 3 rings (SSSR count). The zero-order valence-electron chi connectivity index (χ0n) is 11.8. The normalized spacial score (nSPS) is 22.6. The summed E-state index contributed by atoms with van der Waals surface area (Å²) in [7, 11) is -3.61. The molecule has 20 heavy (non-hydrogen) atoms. The van der Waals surface area contributed by atoms with Crippen LogP contribution in [0.25, 0.3) is 0 Å². The van der Waals surface area contributed by atoms with E-state index in [9.17, 15) is 13.5 Å². The van der Waals surface area contributed by atoms with Gasteiger partial charge >= 0.3 is 0 Å². The molecule has 6 heteroatoms. The van der Waals surface area contributed by atoms with Gasteiger partial charge in [0.2, 0.25) is 10.0 Å². The number of aryl methyl sites for hydroxylation is 1. The summed E-state index contributed by atoms with van der Waals surface area (Å²) >= 11 is 0. The van der Waals surface area contributed by atoms with Crippen molar-refractivity contribution >= 4 is 15.7 Å². The molecule has 0 amide bonds. The van der Waals surface area contributed by atoms with E-state index >= 15 is 0 Å². The van der Waals surface area contributed by atoms with Crippen molar-refractivity contribution in [2.45, 2.75) is 37.2 Å². The summed E-state index contributed by atoms with van der Waals surface area (Å²) in [4.78, 5) is 0.190. The first-order valence-corrected chi connectivity index (χ1v) is 8.28. The molecule has 0 atom stereocenters. The Morgan fingerprint density at radius 3 is 2.45 bits per heavy atom. The molecule has 2 fully saturated rings. The standard InChI is InChI=1S/C14H20N2O3S/c1-9-3-6-12(15)13(10(9)2)20(18,19)16-7-14(17,8-16)11-4-5-11/h3,6,11,17H,4-5,7-8,15H2,1-2H3. The van der Waals surface area contributed by atoms with Crippen LogP contribution in [0.2, 0.25) is 0 Å². The maximum Gasteiger partial charge on any atom is 0.245 e. The van der Waals surface area contributed by atoms with Crippen molar-refractivity contribution < 1.29 is 13.5 Å². The Balaban J connectivity index is 1.92. The van der Waals surface area contributed by atoms with Crippen molar-refractivity contribution in [2.75, 3.05) is 18.8 Å². The lowest BCUT2D eigenvalue weighted by Gasteiger charge is -2.46. The van der Waals surface area contributed by atoms with Crippen molar-refractivity contribution in [3.8, 4) is 0 Å². The van der Waals surface area contributed by atoms with Crippen LogP contribution in [0.15, 0.2) is 17.0 Å². The number of rotatable bonds is 3. The molecule has 5 nitrogen and oxygen atoms in total. The predicted octanol–water partition coefficient (Wildman–Crippen LogP) is 1.03. The molecule has 1 saturated heterocycles. The molecule has 1 aromatic rings. The molecule has 0 aromatic heterocycles. The molecule has 0 unspecified atom stereocenters. The lowest BCUT2D eigenvalue weighted by Crippen LogP contribution is -2.64. The first kappa shape index (κ1) is 13.9. The summed E-state index contributed by atoms with van der Waals surface area (Å²) in [5.74, 6) is 0.268. The van der Waals surface area contributed by atoms with Gasteiger partial charge in [0.15, 0.2) is 0 Å². The van der Waals surface area contributed by atoms with Crippen molar-refractivity contribution in [1.29, 1.82) is 0 Å². The third kappa shape index (κ3) is 1.94. The van der Waals surface area contributed by atoms with Gasteiger partial charge in [-0.2, -0.15) is 4.31 Å². The van der Waals surface area contributed by atoms with Crippen LogP contribution in [0.1, 0.15) is 24.0 Å². The van der Waals surface area contributed by atoms with Crippen LogP contribution in [0.3, 0.4) is 0 Å². The second-order valence-corrected chi connectivity index (χ2v) is 7.95. The van der Waals surface area contributed by atoms with Crippen molar-refractivity contribution in [3.63, 3.8) is 0 Å². The quantitative estimate of drug-likeness (QED) is 0.816. The van der Waals surface area contributed by atoms with Gasteiger partial charge in [-0.1, -0.05) is 6.07 Å². The van der Waals surface area contributed by atoms with Crippen molar-refractivity contribution in [2.24, 2.45) is 5.92 Å². The van der Waals surface area contributed by atoms with Crippen LogP contribution < -0.4 is 5.73 Å². The van der Waals surface area contributed by atoms with Gasteiger partial charge in [0.25, 0.3) is 0 Å². The Bertz CT molecular complexity index is 659. The maximum atomic E-state index is 12.7. The zero-order chi connectivity index (χ0) is 14.7. The lowest BCUT2D eigenvalue weighted by molar-refractivity contribution is -0.0764. The zero-order valence-corrected chi connectivity index (χ0v) is 12.6. The van der Waals surface area contributed by atoms with Crippen LogP contribution in [-0.4, -0.2) is 36.5 Å². The number of anilines is 1. The average Bonchev–Trinajstić information content (AvgIpc) is 3.14. The minimum Gasteiger partial charge on any atom is -0.398 e. The second kappa shape index (κ2) is 4.19. The molecule has 2 aliphatic rings. The predicted molar refractivity (Wildman–Crippen MR) is 76.8 cm³/mol. The Labute approximate surface area is 119 Å². The number of β-amino-alcohol motifs (C(OH)–C–C–N with tert-alkyl or cyclic N) is 1. The van der Waals surface area contributed by atoms with Gasteiger partial charge in [0.1, 0.15) is 4.90 Å². The number of nitrogens with zero attached hydrogens (tertiary/aromatic N) is 1. The summed E-state index contributed by atoms with van der Waals surface area (Å²) in [5, 5.41) is 10.3. The molecule has 0 spiro atoms. The Morgan fingerprint density at radius 2 is 1.90 bits per heavy atom. The van der Waals surface area contributed by atoms with E-state index in [1.54, 1.807) is 13.0 Å². The molecule has 1 aliphatic carbocycles. The number of hydrogen-bond donors (Lipinski definition) is 2. The van der Waals surface area contributed by atoms with Gasteiger partial charge in [-0.15, -0.1) is 0 Å². The summed E-state index contributed by atoms with van der Waals surface area (Å²) in [6, 6.07) is 3.45. The number of benzene rings is 1. The monoisotopic (exact) mass is 296 g/mol. The Kier molecular flexibility index (Phi) is 2.90.